The second-order valence-electron chi connectivity index (χ2n) is 4.70. The predicted octanol–water partition coefficient (Wildman–Crippen LogP) is 0.976. The van der Waals surface area contributed by atoms with Crippen molar-refractivity contribution in [3.63, 3.8) is 0 Å². The molecule has 7 nitrogen and oxygen atoms in total. The highest BCUT2D eigenvalue weighted by atomic mass is 15.3. The quantitative estimate of drug-likeness (QED) is 0.713. The van der Waals surface area contributed by atoms with Gasteiger partial charge in [-0.25, -0.2) is 19.6 Å². The fraction of sp³-hybridized carbons (Fsp3) is 0.333. The molecule has 0 unspecified atom stereocenters. The molecule has 3 aromatic heterocycles. The summed E-state index contributed by atoms with van der Waals surface area (Å²) < 4.78 is 1.96. The van der Waals surface area contributed by atoms with Crippen molar-refractivity contribution in [1.82, 2.24) is 29.7 Å². The van der Waals surface area contributed by atoms with Crippen molar-refractivity contribution < 1.29 is 0 Å². The van der Waals surface area contributed by atoms with Crippen LogP contribution in [0.4, 0.5) is 5.82 Å². The fourth-order valence-corrected chi connectivity index (χ4v) is 2.54. The van der Waals surface area contributed by atoms with Gasteiger partial charge in [0.05, 0.1) is 11.9 Å². The zero-order chi connectivity index (χ0) is 12.7. The Morgan fingerprint density at radius 1 is 1.26 bits per heavy atom. The molecule has 0 amide bonds. The summed E-state index contributed by atoms with van der Waals surface area (Å²) in [5.74, 6) is 1.94. The molecule has 1 aliphatic rings. The van der Waals surface area contributed by atoms with Crippen LogP contribution in [0.15, 0.2) is 24.9 Å². The molecule has 1 atom stereocenters. The van der Waals surface area contributed by atoms with Gasteiger partial charge >= 0.3 is 0 Å². The van der Waals surface area contributed by atoms with E-state index >= 15 is 0 Å². The van der Waals surface area contributed by atoms with Crippen molar-refractivity contribution in [3.05, 3.63) is 30.7 Å². The first-order chi connectivity index (χ1) is 9.40. The number of aryl methyl sites for hydroxylation is 1. The third kappa shape index (κ3) is 1.74. The van der Waals surface area contributed by atoms with Gasteiger partial charge in [0.15, 0.2) is 0 Å². The number of hydrogen-bond donors (Lipinski definition) is 2. The van der Waals surface area contributed by atoms with Crippen molar-refractivity contribution >= 4 is 16.9 Å². The van der Waals surface area contributed by atoms with Gasteiger partial charge in [0, 0.05) is 18.7 Å². The maximum atomic E-state index is 4.33. The van der Waals surface area contributed by atoms with Crippen LogP contribution in [0.5, 0.6) is 0 Å². The highest BCUT2D eigenvalue weighted by Gasteiger charge is 2.20. The van der Waals surface area contributed by atoms with Crippen molar-refractivity contribution in [1.29, 1.82) is 0 Å². The Bertz CT molecular complexity index is 714. The van der Waals surface area contributed by atoms with Gasteiger partial charge in [-0.05, 0) is 12.5 Å². The Hall–Kier alpha value is -2.44. The maximum Gasteiger partial charge on any atom is 0.142 e. The lowest BCUT2D eigenvalue weighted by Gasteiger charge is -2.24. The van der Waals surface area contributed by atoms with E-state index in [4.69, 9.17) is 0 Å². The van der Waals surface area contributed by atoms with Crippen LogP contribution in [0.25, 0.3) is 11.0 Å². The summed E-state index contributed by atoms with van der Waals surface area (Å²) in [7, 11) is 0. The average molecular weight is 255 g/mol. The Labute approximate surface area is 109 Å². The zero-order valence-corrected chi connectivity index (χ0v) is 10.2. The smallest absolute Gasteiger partial charge is 0.142 e. The molecule has 3 aromatic rings. The lowest BCUT2D eigenvalue weighted by Crippen LogP contribution is -2.32. The number of H-pyrrole nitrogens is 1. The van der Waals surface area contributed by atoms with Crippen LogP contribution in [0.3, 0.4) is 0 Å². The molecule has 0 fully saturated rings. The van der Waals surface area contributed by atoms with E-state index in [1.165, 1.54) is 0 Å². The van der Waals surface area contributed by atoms with E-state index in [0.29, 0.717) is 6.04 Å². The van der Waals surface area contributed by atoms with Crippen LogP contribution in [0.2, 0.25) is 0 Å². The van der Waals surface area contributed by atoms with Gasteiger partial charge in [-0.2, -0.15) is 5.10 Å². The molecular weight excluding hydrogens is 242 g/mol. The molecule has 19 heavy (non-hydrogen) atoms. The third-order valence-corrected chi connectivity index (χ3v) is 3.50. The van der Waals surface area contributed by atoms with E-state index in [2.05, 4.69) is 30.4 Å². The van der Waals surface area contributed by atoms with Crippen LogP contribution >= 0.6 is 0 Å². The van der Waals surface area contributed by atoms with Crippen molar-refractivity contribution in [2.45, 2.75) is 25.4 Å². The summed E-state index contributed by atoms with van der Waals surface area (Å²) >= 11 is 0. The van der Waals surface area contributed by atoms with Gasteiger partial charge in [0.2, 0.25) is 0 Å². The van der Waals surface area contributed by atoms with Crippen LogP contribution in [-0.4, -0.2) is 35.8 Å². The monoisotopic (exact) mass is 255 g/mol. The molecular formula is C12H13N7. The number of rotatable bonds is 2. The van der Waals surface area contributed by atoms with Gasteiger partial charge in [-0.1, -0.05) is 0 Å². The van der Waals surface area contributed by atoms with Crippen LogP contribution in [0.1, 0.15) is 12.2 Å². The Morgan fingerprint density at radius 3 is 3.26 bits per heavy atom. The maximum absolute atomic E-state index is 4.33. The first-order valence-electron chi connectivity index (χ1n) is 6.31. The van der Waals surface area contributed by atoms with E-state index < -0.39 is 0 Å². The van der Waals surface area contributed by atoms with Crippen molar-refractivity contribution in [2.75, 3.05) is 5.32 Å². The number of hydrogen-bond acceptors (Lipinski definition) is 5. The second kappa shape index (κ2) is 4.04. The van der Waals surface area contributed by atoms with Gasteiger partial charge < -0.3 is 10.3 Å². The van der Waals surface area contributed by atoms with E-state index in [1.54, 1.807) is 12.7 Å². The average Bonchev–Trinajstić information content (AvgIpc) is 3.06. The largest absolute Gasteiger partial charge is 0.365 e. The summed E-state index contributed by atoms with van der Waals surface area (Å²) in [4.78, 5) is 15.8. The molecule has 96 valence electrons. The molecule has 0 aromatic carbocycles. The minimum Gasteiger partial charge on any atom is -0.365 e. The highest BCUT2D eigenvalue weighted by molar-refractivity contribution is 5.86. The van der Waals surface area contributed by atoms with Gasteiger partial charge in [0.1, 0.15) is 29.9 Å². The third-order valence-electron chi connectivity index (χ3n) is 3.50. The number of nitrogens with one attached hydrogen (secondary N) is 2. The lowest BCUT2D eigenvalue weighted by atomic mass is 10.1. The summed E-state index contributed by atoms with van der Waals surface area (Å²) in [6.45, 7) is 0.825. The van der Waals surface area contributed by atoms with Gasteiger partial charge in [0.25, 0.3) is 0 Å². The topological polar surface area (TPSA) is 84.3 Å². The summed E-state index contributed by atoms with van der Waals surface area (Å²) in [5, 5.41) is 8.73. The van der Waals surface area contributed by atoms with Crippen LogP contribution in [-0.2, 0) is 13.0 Å². The SMILES string of the molecule is c1nc(N[C@H]2CCc3ncnn3C2)c2cc[nH]c2n1. The molecule has 0 saturated carbocycles. The van der Waals surface area contributed by atoms with Crippen LogP contribution in [0, 0.1) is 0 Å². The molecule has 0 radical (unpaired) electrons. The molecule has 0 saturated heterocycles. The first-order valence-corrected chi connectivity index (χ1v) is 6.31. The fourth-order valence-electron chi connectivity index (χ4n) is 2.54. The Balaban J connectivity index is 1.61. The molecule has 4 heterocycles. The summed E-state index contributed by atoms with van der Waals surface area (Å²) in [6, 6.07) is 2.31. The van der Waals surface area contributed by atoms with E-state index in [1.807, 2.05) is 16.9 Å². The van der Waals surface area contributed by atoms with Crippen LogP contribution < -0.4 is 5.32 Å². The predicted molar refractivity (Wildman–Crippen MR) is 69.6 cm³/mol. The zero-order valence-electron chi connectivity index (χ0n) is 10.2. The van der Waals surface area contributed by atoms with E-state index in [0.717, 1.165) is 42.1 Å². The van der Waals surface area contributed by atoms with E-state index in [9.17, 15) is 0 Å². The normalized spacial score (nSPS) is 18.4. The molecule has 2 N–H and O–H groups in total. The number of aromatic amines is 1. The second-order valence-corrected chi connectivity index (χ2v) is 4.70. The molecule has 1 aliphatic heterocycles. The minimum absolute atomic E-state index is 0.321. The molecule has 0 aliphatic carbocycles. The van der Waals surface area contributed by atoms with Gasteiger partial charge in [-0.3, -0.25) is 0 Å². The molecule has 7 heteroatoms. The lowest BCUT2D eigenvalue weighted by molar-refractivity contribution is 0.441. The summed E-state index contributed by atoms with van der Waals surface area (Å²) in [5.41, 5.74) is 0.856. The Kier molecular flexibility index (Phi) is 2.23. The summed E-state index contributed by atoms with van der Waals surface area (Å²) in [6.07, 6.45) is 7.05. The first kappa shape index (κ1) is 10.5. The number of aromatic nitrogens is 6. The minimum atomic E-state index is 0.321. The number of nitrogens with zero attached hydrogens (tertiary/aromatic N) is 5. The van der Waals surface area contributed by atoms with Gasteiger partial charge in [-0.15, -0.1) is 0 Å². The van der Waals surface area contributed by atoms with E-state index in [-0.39, 0.29) is 0 Å². The highest BCUT2D eigenvalue weighted by Crippen LogP contribution is 2.21. The molecule has 0 bridgehead atoms. The molecule has 0 spiro atoms. The Morgan fingerprint density at radius 2 is 2.26 bits per heavy atom. The molecule has 4 rings (SSSR count). The van der Waals surface area contributed by atoms with Crippen molar-refractivity contribution in [3.8, 4) is 0 Å². The van der Waals surface area contributed by atoms with Crippen molar-refractivity contribution in [2.24, 2.45) is 0 Å². The number of anilines is 1. The number of fused-ring (bicyclic) bond motifs is 2. The standard InChI is InChI=1S/C12H13N7/c1-2-10-14-7-17-19(10)5-8(1)18-12-9-3-4-13-11(9)15-6-16-12/h3-4,6-8H,1-2,5H2,(H2,13,15,16,18)/t8-/m0/s1.